The van der Waals surface area contributed by atoms with Gasteiger partial charge in [-0.15, -0.1) is 10.2 Å². The van der Waals surface area contributed by atoms with Gasteiger partial charge in [-0.3, -0.25) is 9.80 Å². The van der Waals surface area contributed by atoms with Crippen molar-refractivity contribution >= 4 is 17.2 Å². The number of nitrogen functional groups attached to an aromatic ring is 1. The zero-order valence-corrected chi connectivity index (χ0v) is 22.7. The molecule has 5 fully saturated rings. The highest BCUT2D eigenvalue weighted by atomic mass is 16.3. The van der Waals surface area contributed by atoms with Crippen molar-refractivity contribution in [2.45, 2.75) is 42.9 Å². The number of fused-ring (bicyclic) bond motifs is 2. The molecule has 3 N–H and O–H groups in total. The first-order chi connectivity index (χ1) is 19.5. The molecule has 4 saturated heterocycles. The molecule has 2 aromatic heterocycles. The summed E-state index contributed by atoms with van der Waals surface area (Å²) in [5.74, 6) is 8.26. The molecule has 0 spiro atoms. The van der Waals surface area contributed by atoms with Crippen molar-refractivity contribution < 1.29 is 5.11 Å². The Bertz CT molecular complexity index is 1540. The van der Waals surface area contributed by atoms with E-state index in [0.717, 1.165) is 49.8 Å². The number of hydrogen-bond donors (Lipinski definition) is 2. The third kappa shape index (κ3) is 3.66. The van der Waals surface area contributed by atoms with E-state index in [1.54, 1.807) is 12.1 Å². The average Bonchev–Trinajstić information content (AvgIpc) is 3.41. The van der Waals surface area contributed by atoms with Crippen LogP contribution in [0.4, 0.5) is 17.2 Å². The summed E-state index contributed by atoms with van der Waals surface area (Å²) in [4.78, 5) is 14.6. The predicted octanol–water partition coefficient (Wildman–Crippen LogP) is 2.42. The highest BCUT2D eigenvalue weighted by Gasteiger charge is 2.71. The molecule has 0 radical (unpaired) electrons. The molecule has 8 rings (SSSR count). The topological polar surface area (TPSA) is 97.9 Å². The minimum Gasteiger partial charge on any atom is -0.507 e. The monoisotopic (exact) mass is 534 g/mol. The lowest BCUT2D eigenvalue weighted by Crippen LogP contribution is -2.54. The first-order valence-electron chi connectivity index (χ1n) is 14.4. The summed E-state index contributed by atoms with van der Waals surface area (Å²) in [6.07, 6.45) is 5.53. The van der Waals surface area contributed by atoms with Crippen LogP contribution in [-0.2, 0) is 0 Å². The third-order valence-corrected chi connectivity index (χ3v) is 10.1. The van der Waals surface area contributed by atoms with Crippen LogP contribution in [0.25, 0.3) is 11.3 Å². The molecule has 1 aromatic carbocycles. The molecule has 204 valence electrons. The van der Waals surface area contributed by atoms with Gasteiger partial charge in [-0.25, -0.2) is 4.98 Å². The van der Waals surface area contributed by atoms with Crippen LogP contribution in [0, 0.1) is 17.8 Å². The smallest absolute Gasteiger partial charge is 0.169 e. The number of piperidine rings is 2. The number of para-hydroxylation sites is 1. The average molecular weight is 535 g/mol. The van der Waals surface area contributed by atoms with Crippen LogP contribution in [-0.4, -0.2) is 93.5 Å². The summed E-state index contributed by atoms with van der Waals surface area (Å²) in [6, 6.07) is 14.9. The first-order valence-corrected chi connectivity index (χ1v) is 14.4. The Labute approximate surface area is 234 Å². The molecule has 1 aliphatic carbocycles. The van der Waals surface area contributed by atoms with Crippen molar-refractivity contribution in [3.63, 3.8) is 0 Å². The van der Waals surface area contributed by atoms with Gasteiger partial charge in [0.05, 0.1) is 17.9 Å². The second kappa shape index (κ2) is 8.82. The minimum atomic E-state index is 0.186. The number of aromatic nitrogens is 3. The number of phenols is 1. The van der Waals surface area contributed by atoms with Gasteiger partial charge >= 0.3 is 0 Å². The molecule has 3 unspecified atom stereocenters. The van der Waals surface area contributed by atoms with Gasteiger partial charge < -0.3 is 20.6 Å². The largest absolute Gasteiger partial charge is 0.507 e. The first kappa shape index (κ1) is 24.0. The van der Waals surface area contributed by atoms with E-state index < -0.39 is 0 Å². The number of benzene rings is 1. The molecule has 1 saturated carbocycles. The molecular weight excluding hydrogens is 500 g/mol. The van der Waals surface area contributed by atoms with E-state index in [9.17, 15) is 5.11 Å². The molecule has 40 heavy (non-hydrogen) atoms. The number of nitrogens with two attached hydrogens (primary N) is 1. The lowest BCUT2D eigenvalue weighted by atomic mass is 10.1. The van der Waals surface area contributed by atoms with Crippen LogP contribution in [0.1, 0.15) is 25.0 Å². The number of pyridine rings is 1. The number of likely N-dealkylation sites (N-methyl/N-ethyl adjacent to an activating group) is 1. The standard InChI is InChI=1S/C31H34N8O/c1-36-18-28-25-15-31(25,36)19-37(28)12-4-5-20-13-21(10-11-33-20)39-22-8-9-23(39)17-38(16-22)27-14-26(34-35-30(27)32)24-6-2-3-7-29(24)40/h2-3,6-7,10-11,13-14,22-23,25,28,40H,8-9,12,15-19H2,1H3,(H2,32,35)/t22-,23?,25?,28-,31?/m1/s1. The van der Waals surface area contributed by atoms with E-state index >= 15 is 0 Å². The van der Waals surface area contributed by atoms with E-state index in [4.69, 9.17) is 5.73 Å². The molecule has 0 amide bonds. The number of likely N-dealkylation sites (tertiary alicyclic amines) is 2. The number of phenolic OH excluding ortho intramolecular Hbond substituents is 1. The van der Waals surface area contributed by atoms with Crippen molar-refractivity contribution in [1.82, 2.24) is 25.0 Å². The predicted molar refractivity (Wildman–Crippen MR) is 155 cm³/mol. The number of piperazine rings is 2. The maximum absolute atomic E-state index is 10.3. The van der Waals surface area contributed by atoms with E-state index in [-0.39, 0.29) is 5.75 Å². The Kier molecular flexibility index (Phi) is 5.28. The maximum atomic E-state index is 10.3. The number of nitrogens with zero attached hydrogens (tertiary/aromatic N) is 7. The maximum Gasteiger partial charge on any atom is 0.169 e. The summed E-state index contributed by atoms with van der Waals surface area (Å²) in [5.41, 5.74) is 11.0. The highest BCUT2D eigenvalue weighted by Crippen LogP contribution is 2.61. The lowest BCUT2D eigenvalue weighted by molar-refractivity contribution is 0.109. The van der Waals surface area contributed by atoms with E-state index in [2.05, 4.69) is 65.8 Å². The van der Waals surface area contributed by atoms with Gasteiger partial charge in [0.1, 0.15) is 11.4 Å². The van der Waals surface area contributed by atoms with Crippen LogP contribution >= 0.6 is 0 Å². The summed E-state index contributed by atoms with van der Waals surface area (Å²) in [7, 11) is 2.28. The highest BCUT2D eigenvalue weighted by molar-refractivity contribution is 5.74. The molecular formula is C31H34N8O. The van der Waals surface area contributed by atoms with E-state index in [0.29, 0.717) is 40.7 Å². The molecule has 5 atom stereocenters. The number of rotatable bonds is 4. The van der Waals surface area contributed by atoms with Crippen LogP contribution in [0.2, 0.25) is 0 Å². The summed E-state index contributed by atoms with van der Waals surface area (Å²) >= 11 is 0. The molecule has 9 heteroatoms. The quantitative estimate of drug-likeness (QED) is 0.489. The third-order valence-electron chi connectivity index (χ3n) is 10.1. The van der Waals surface area contributed by atoms with Crippen LogP contribution in [0.15, 0.2) is 48.7 Å². The van der Waals surface area contributed by atoms with Gasteiger partial charge in [0, 0.05) is 67.3 Å². The fraction of sp³-hybridized carbons (Fsp3) is 0.452. The Morgan fingerprint density at radius 1 is 1.07 bits per heavy atom. The molecule has 6 heterocycles. The molecule has 5 aliphatic rings. The number of anilines is 3. The fourth-order valence-electron chi connectivity index (χ4n) is 8.03. The van der Waals surface area contributed by atoms with Crippen molar-refractivity contribution in [3.05, 3.63) is 54.4 Å². The Hall–Kier alpha value is -3.87. The van der Waals surface area contributed by atoms with Crippen molar-refractivity contribution in [1.29, 1.82) is 0 Å². The molecule has 3 aromatic rings. The Morgan fingerprint density at radius 2 is 1.90 bits per heavy atom. The Balaban J connectivity index is 0.978. The summed E-state index contributed by atoms with van der Waals surface area (Å²) < 4.78 is 0. The van der Waals surface area contributed by atoms with Gasteiger partial charge in [0.15, 0.2) is 5.82 Å². The lowest BCUT2D eigenvalue weighted by Gasteiger charge is -2.43. The second-order valence-electron chi connectivity index (χ2n) is 12.2. The van der Waals surface area contributed by atoms with Crippen molar-refractivity contribution in [2.24, 2.45) is 5.92 Å². The van der Waals surface area contributed by atoms with E-state index in [1.165, 1.54) is 25.2 Å². The zero-order valence-electron chi connectivity index (χ0n) is 22.7. The van der Waals surface area contributed by atoms with Crippen molar-refractivity contribution in [2.75, 3.05) is 55.3 Å². The SMILES string of the molecule is CN1C[C@@H]2C3CC31CN2CC#Cc1cc(N2C3CC[C@@H]2CN(c2cc(-c4ccccc4O)nnc2N)C3)ccn1. The van der Waals surface area contributed by atoms with Crippen LogP contribution < -0.4 is 15.5 Å². The minimum absolute atomic E-state index is 0.186. The van der Waals surface area contributed by atoms with Gasteiger partial charge in [-0.05, 0) is 68.5 Å². The van der Waals surface area contributed by atoms with Gasteiger partial charge in [0.2, 0.25) is 0 Å². The summed E-state index contributed by atoms with van der Waals surface area (Å²) in [6.45, 7) is 4.89. The van der Waals surface area contributed by atoms with Gasteiger partial charge in [-0.2, -0.15) is 0 Å². The van der Waals surface area contributed by atoms with Crippen LogP contribution in [0.5, 0.6) is 5.75 Å². The van der Waals surface area contributed by atoms with Crippen LogP contribution in [0.3, 0.4) is 0 Å². The zero-order chi connectivity index (χ0) is 27.0. The van der Waals surface area contributed by atoms with Gasteiger partial charge in [0.25, 0.3) is 0 Å². The summed E-state index contributed by atoms with van der Waals surface area (Å²) in [5, 5.41) is 18.8. The molecule has 4 aliphatic heterocycles. The van der Waals surface area contributed by atoms with Gasteiger partial charge in [-0.1, -0.05) is 18.1 Å². The molecule has 9 nitrogen and oxygen atoms in total. The number of hydrogen-bond acceptors (Lipinski definition) is 9. The van der Waals surface area contributed by atoms with Crippen molar-refractivity contribution in [3.8, 4) is 28.8 Å². The Morgan fingerprint density at radius 3 is 2.62 bits per heavy atom. The second-order valence-corrected chi connectivity index (χ2v) is 12.2. The normalized spacial score (nSPS) is 30.3. The fourth-order valence-corrected chi connectivity index (χ4v) is 8.03. The van der Waals surface area contributed by atoms with E-state index in [1.807, 2.05) is 24.4 Å². The molecule has 4 bridgehead atoms. The number of aromatic hydroxyl groups is 1.